The molecule has 112 valence electrons. The molecule has 0 spiro atoms. The minimum Gasteiger partial charge on any atom is -0.543 e. The second-order valence-electron chi connectivity index (χ2n) is 6.17. The number of hydrogen-bond acceptors (Lipinski definition) is 3. The molecule has 0 radical (unpaired) electrons. The van der Waals surface area contributed by atoms with Crippen LogP contribution in [0.25, 0.3) is 0 Å². The number of aromatic nitrogens is 2. The molecular formula is C16H23N3OSi. The van der Waals surface area contributed by atoms with E-state index in [9.17, 15) is 0 Å². The molecule has 0 N–H and O–H groups in total. The third-order valence-corrected chi connectivity index (χ3v) is 3.86. The molecule has 0 aliphatic heterocycles. The summed E-state index contributed by atoms with van der Waals surface area (Å²) >= 11 is 0. The lowest BCUT2D eigenvalue weighted by atomic mass is 10.2. The van der Waals surface area contributed by atoms with Crippen molar-refractivity contribution in [2.75, 3.05) is 0 Å². The van der Waals surface area contributed by atoms with Gasteiger partial charge < -0.3 is 8.99 Å². The highest BCUT2D eigenvalue weighted by atomic mass is 28.4. The molecule has 1 heterocycles. The highest BCUT2D eigenvalue weighted by molar-refractivity contribution is 6.70. The lowest BCUT2D eigenvalue weighted by Crippen LogP contribution is -2.29. The minimum atomic E-state index is -1.66. The second-order valence-corrected chi connectivity index (χ2v) is 10.6. The summed E-state index contributed by atoms with van der Waals surface area (Å²) in [7, 11) is 0.330. The number of aryl methyl sites for hydroxylation is 2. The van der Waals surface area contributed by atoms with Crippen molar-refractivity contribution in [3.05, 3.63) is 42.0 Å². The Bertz CT molecular complexity index is 649. The first-order valence-electron chi connectivity index (χ1n) is 7.09. The molecule has 0 fully saturated rings. The summed E-state index contributed by atoms with van der Waals surface area (Å²) in [4.78, 5) is 9.08. The van der Waals surface area contributed by atoms with Crippen molar-refractivity contribution >= 4 is 19.7 Å². The zero-order chi connectivity index (χ0) is 15.6. The monoisotopic (exact) mass is 301 g/mol. The second kappa shape index (κ2) is 5.85. The van der Waals surface area contributed by atoms with Crippen LogP contribution in [0, 0.1) is 6.92 Å². The van der Waals surface area contributed by atoms with E-state index in [-0.39, 0.29) is 0 Å². The maximum Gasteiger partial charge on any atom is 0.242 e. The maximum absolute atomic E-state index is 6.12. The Balaban J connectivity index is 2.41. The predicted octanol–water partition coefficient (Wildman–Crippen LogP) is 4.08. The van der Waals surface area contributed by atoms with Gasteiger partial charge in [0.25, 0.3) is 0 Å². The SMILES string of the molecule is CC(=Nc1ccccc1O[Si](C)(C)C)c1c(C)ncn1C. The normalized spacial score (nSPS) is 12.6. The van der Waals surface area contributed by atoms with Crippen LogP contribution in [0.15, 0.2) is 35.6 Å². The Labute approximate surface area is 127 Å². The summed E-state index contributed by atoms with van der Waals surface area (Å²) in [6, 6.07) is 7.95. The molecule has 0 saturated heterocycles. The van der Waals surface area contributed by atoms with Crippen LogP contribution >= 0.6 is 0 Å². The molecule has 1 aromatic heterocycles. The summed E-state index contributed by atoms with van der Waals surface area (Å²) < 4.78 is 8.12. The molecule has 0 bridgehead atoms. The average Bonchev–Trinajstić information content (AvgIpc) is 2.70. The van der Waals surface area contributed by atoms with Crippen LogP contribution in [0.5, 0.6) is 5.75 Å². The van der Waals surface area contributed by atoms with Crippen molar-refractivity contribution in [3.8, 4) is 5.75 Å². The Morgan fingerprint density at radius 1 is 1.24 bits per heavy atom. The highest BCUT2D eigenvalue weighted by Crippen LogP contribution is 2.30. The largest absolute Gasteiger partial charge is 0.543 e. The average molecular weight is 301 g/mol. The number of imidazole rings is 1. The number of hydrogen-bond donors (Lipinski definition) is 0. The first kappa shape index (κ1) is 15.5. The smallest absolute Gasteiger partial charge is 0.242 e. The Kier molecular flexibility index (Phi) is 4.32. The van der Waals surface area contributed by atoms with Crippen molar-refractivity contribution in [3.63, 3.8) is 0 Å². The molecule has 0 atom stereocenters. The molecule has 0 aliphatic rings. The van der Waals surface area contributed by atoms with E-state index < -0.39 is 8.32 Å². The Morgan fingerprint density at radius 3 is 2.48 bits per heavy atom. The third-order valence-electron chi connectivity index (χ3n) is 3.03. The van der Waals surface area contributed by atoms with Crippen molar-refractivity contribution in [2.45, 2.75) is 33.5 Å². The predicted molar refractivity (Wildman–Crippen MR) is 90.2 cm³/mol. The zero-order valence-electron chi connectivity index (χ0n) is 13.6. The molecule has 0 unspecified atom stereocenters. The molecule has 21 heavy (non-hydrogen) atoms. The van der Waals surface area contributed by atoms with E-state index >= 15 is 0 Å². The Hall–Kier alpha value is -1.88. The van der Waals surface area contributed by atoms with Gasteiger partial charge in [-0.15, -0.1) is 0 Å². The number of rotatable bonds is 4. The fourth-order valence-corrected chi connectivity index (χ4v) is 3.10. The van der Waals surface area contributed by atoms with E-state index in [1.807, 2.05) is 56.1 Å². The number of aliphatic imine (C=N–C) groups is 1. The van der Waals surface area contributed by atoms with Crippen LogP contribution in [0.4, 0.5) is 5.69 Å². The Morgan fingerprint density at radius 2 is 1.90 bits per heavy atom. The topological polar surface area (TPSA) is 39.4 Å². The summed E-state index contributed by atoms with van der Waals surface area (Å²) in [6.45, 7) is 10.5. The van der Waals surface area contributed by atoms with E-state index in [4.69, 9.17) is 9.42 Å². The first-order valence-corrected chi connectivity index (χ1v) is 10.5. The summed E-state index contributed by atoms with van der Waals surface area (Å²) in [5.41, 5.74) is 3.86. The maximum atomic E-state index is 6.12. The lowest BCUT2D eigenvalue weighted by molar-refractivity contribution is 0.559. The van der Waals surface area contributed by atoms with Crippen LogP contribution in [0.1, 0.15) is 18.3 Å². The number of para-hydroxylation sites is 2. The van der Waals surface area contributed by atoms with E-state index in [0.717, 1.165) is 28.5 Å². The fraction of sp³-hybridized carbons (Fsp3) is 0.375. The number of nitrogens with zero attached hydrogens (tertiary/aromatic N) is 3. The van der Waals surface area contributed by atoms with E-state index in [1.165, 1.54) is 0 Å². The van der Waals surface area contributed by atoms with Crippen molar-refractivity contribution in [1.29, 1.82) is 0 Å². The highest BCUT2D eigenvalue weighted by Gasteiger charge is 2.18. The van der Waals surface area contributed by atoms with Gasteiger partial charge in [0.2, 0.25) is 8.32 Å². The third kappa shape index (κ3) is 3.82. The van der Waals surface area contributed by atoms with E-state index in [2.05, 4.69) is 24.6 Å². The number of benzene rings is 1. The minimum absolute atomic E-state index is 0.857. The van der Waals surface area contributed by atoms with E-state index in [1.54, 1.807) is 0 Å². The van der Waals surface area contributed by atoms with Gasteiger partial charge in [-0.2, -0.15) is 0 Å². The molecule has 4 nitrogen and oxygen atoms in total. The van der Waals surface area contributed by atoms with Gasteiger partial charge in [-0.1, -0.05) is 12.1 Å². The van der Waals surface area contributed by atoms with E-state index in [0.29, 0.717) is 0 Å². The van der Waals surface area contributed by atoms with Crippen molar-refractivity contribution in [1.82, 2.24) is 9.55 Å². The van der Waals surface area contributed by atoms with Gasteiger partial charge in [0.1, 0.15) is 11.4 Å². The lowest BCUT2D eigenvalue weighted by Gasteiger charge is -2.20. The van der Waals surface area contributed by atoms with Gasteiger partial charge >= 0.3 is 0 Å². The van der Waals surface area contributed by atoms with Gasteiger partial charge in [0.15, 0.2) is 0 Å². The van der Waals surface area contributed by atoms with Gasteiger partial charge in [-0.05, 0) is 45.6 Å². The van der Waals surface area contributed by atoms with Gasteiger partial charge in [0.05, 0.1) is 23.4 Å². The molecule has 2 aromatic rings. The van der Waals surface area contributed by atoms with Crippen LogP contribution < -0.4 is 4.43 Å². The van der Waals surface area contributed by atoms with Crippen LogP contribution in [0.3, 0.4) is 0 Å². The molecule has 0 amide bonds. The van der Waals surface area contributed by atoms with Crippen LogP contribution in [-0.4, -0.2) is 23.6 Å². The zero-order valence-corrected chi connectivity index (χ0v) is 14.6. The first-order chi connectivity index (χ1) is 9.78. The molecule has 0 aliphatic carbocycles. The van der Waals surface area contributed by atoms with Crippen LogP contribution in [-0.2, 0) is 7.05 Å². The molecule has 1 aromatic carbocycles. The quantitative estimate of drug-likeness (QED) is 0.630. The molecule has 5 heteroatoms. The molecule has 0 saturated carbocycles. The standard InChI is InChI=1S/C16H23N3OSi/c1-12-16(19(3)11-17-12)13(2)18-14-9-7-8-10-15(14)20-21(4,5)6/h7-11H,1-6H3. The fourth-order valence-electron chi connectivity index (χ4n) is 2.26. The summed E-state index contributed by atoms with van der Waals surface area (Å²) in [5, 5.41) is 0. The van der Waals surface area contributed by atoms with Gasteiger partial charge in [-0.25, -0.2) is 9.98 Å². The summed E-state index contributed by atoms with van der Waals surface area (Å²) in [6.07, 6.45) is 1.81. The summed E-state index contributed by atoms with van der Waals surface area (Å²) in [5.74, 6) is 0.857. The van der Waals surface area contributed by atoms with Crippen molar-refractivity contribution < 1.29 is 4.43 Å². The molecule has 2 rings (SSSR count). The molecular weight excluding hydrogens is 278 g/mol. The van der Waals surface area contributed by atoms with Gasteiger partial charge in [0, 0.05) is 7.05 Å². The van der Waals surface area contributed by atoms with Gasteiger partial charge in [-0.3, -0.25) is 0 Å². The van der Waals surface area contributed by atoms with Crippen LogP contribution in [0.2, 0.25) is 19.6 Å². The van der Waals surface area contributed by atoms with Crippen molar-refractivity contribution in [2.24, 2.45) is 12.0 Å².